The first-order valence-corrected chi connectivity index (χ1v) is 6.39. The van der Waals surface area contributed by atoms with Crippen LogP contribution in [-0.2, 0) is 6.18 Å². The molecule has 0 saturated carbocycles. The van der Waals surface area contributed by atoms with Gasteiger partial charge in [0, 0.05) is 25.2 Å². The molecular weight excluding hydrogens is 265 g/mol. The molecule has 0 amide bonds. The maximum Gasteiger partial charge on any atom is 0.419 e. The molecular formula is C12H14ClF3N2. The third-order valence-electron chi connectivity index (χ3n) is 3.19. The zero-order valence-electron chi connectivity index (χ0n) is 9.75. The van der Waals surface area contributed by atoms with Gasteiger partial charge in [0.15, 0.2) is 0 Å². The van der Waals surface area contributed by atoms with E-state index in [0.29, 0.717) is 24.9 Å². The van der Waals surface area contributed by atoms with Crippen LogP contribution in [-0.4, -0.2) is 24.0 Å². The first-order valence-electron chi connectivity index (χ1n) is 5.85. The normalized spacial score (nSPS) is 20.4. The van der Waals surface area contributed by atoms with Gasteiger partial charge in [0.2, 0.25) is 0 Å². The van der Waals surface area contributed by atoms with Gasteiger partial charge in [-0.3, -0.25) is 0 Å². The summed E-state index contributed by atoms with van der Waals surface area (Å²) in [6.45, 7) is 1.22. The number of hydrogen-bond donors (Lipinski definition) is 0. The highest BCUT2D eigenvalue weighted by atomic mass is 35.5. The van der Waals surface area contributed by atoms with Crippen LogP contribution in [0.3, 0.4) is 0 Å². The van der Waals surface area contributed by atoms with E-state index < -0.39 is 11.7 Å². The van der Waals surface area contributed by atoms with E-state index in [1.807, 2.05) is 0 Å². The second-order valence-corrected chi connectivity index (χ2v) is 4.83. The fourth-order valence-corrected chi connectivity index (χ4v) is 2.59. The van der Waals surface area contributed by atoms with Gasteiger partial charge < -0.3 is 4.90 Å². The van der Waals surface area contributed by atoms with Crippen LogP contribution in [0, 0.1) is 5.92 Å². The molecule has 18 heavy (non-hydrogen) atoms. The number of halogens is 4. The minimum absolute atomic E-state index is 0.0436. The molecule has 1 saturated heterocycles. The van der Waals surface area contributed by atoms with Crippen molar-refractivity contribution in [3.8, 4) is 0 Å². The number of hydrogen-bond acceptors (Lipinski definition) is 2. The highest BCUT2D eigenvalue weighted by Crippen LogP contribution is 2.37. The van der Waals surface area contributed by atoms with Crippen LogP contribution in [0.5, 0.6) is 0 Å². The molecule has 1 atom stereocenters. The van der Waals surface area contributed by atoms with Gasteiger partial charge in [-0.05, 0) is 30.9 Å². The van der Waals surface area contributed by atoms with E-state index in [2.05, 4.69) is 4.98 Å². The van der Waals surface area contributed by atoms with Gasteiger partial charge in [0.1, 0.15) is 5.82 Å². The summed E-state index contributed by atoms with van der Waals surface area (Å²) in [5, 5.41) is 0. The van der Waals surface area contributed by atoms with E-state index in [1.54, 1.807) is 4.90 Å². The van der Waals surface area contributed by atoms with Gasteiger partial charge in [0.05, 0.1) is 5.56 Å². The summed E-state index contributed by atoms with van der Waals surface area (Å²) in [4.78, 5) is 5.60. The van der Waals surface area contributed by atoms with Gasteiger partial charge in [-0.2, -0.15) is 13.2 Å². The lowest BCUT2D eigenvalue weighted by Crippen LogP contribution is -2.24. The SMILES string of the molecule is FC(F)(F)c1cccnc1N1CCC(CCCl)C1. The molecule has 1 fully saturated rings. The fraction of sp³-hybridized carbons (Fsp3) is 0.583. The second kappa shape index (κ2) is 5.34. The summed E-state index contributed by atoms with van der Waals surface area (Å²) < 4.78 is 38.6. The molecule has 2 rings (SSSR count). The summed E-state index contributed by atoms with van der Waals surface area (Å²) >= 11 is 5.67. The molecule has 1 aromatic heterocycles. The Labute approximate surface area is 109 Å². The lowest BCUT2D eigenvalue weighted by molar-refractivity contribution is -0.137. The topological polar surface area (TPSA) is 16.1 Å². The van der Waals surface area contributed by atoms with Crippen LogP contribution in [0.1, 0.15) is 18.4 Å². The molecule has 1 aliphatic rings. The molecule has 2 heterocycles. The van der Waals surface area contributed by atoms with Crippen molar-refractivity contribution in [1.29, 1.82) is 0 Å². The molecule has 0 aromatic carbocycles. The van der Waals surface area contributed by atoms with Gasteiger partial charge in [-0.1, -0.05) is 0 Å². The number of rotatable bonds is 3. The Morgan fingerprint density at radius 2 is 2.22 bits per heavy atom. The highest BCUT2D eigenvalue weighted by Gasteiger charge is 2.37. The van der Waals surface area contributed by atoms with Gasteiger partial charge in [0.25, 0.3) is 0 Å². The summed E-state index contributed by atoms with van der Waals surface area (Å²) in [7, 11) is 0. The van der Waals surface area contributed by atoms with Gasteiger partial charge in [-0.15, -0.1) is 11.6 Å². The molecule has 1 unspecified atom stereocenters. The number of aromatic nitrogens is 1. The molecule has 100 valence electrons. The van der Waals surface area contributed by atoms with E-state index in [9.17, 15) is 13.2 Å². The number of nitrogens with zero attached hydrogens (tertiary/aromatic N) is 2. The van der Waals surface area contributed by atoms with E-state index >= 15 is 0 Å². The summed E-state index contributed by atoms with van der Waals surface area (Å²) in [6, 6.07) is 2.40. The third kappa shape index (κ3) is 2.88. The molecule has 0 N–H and O–H groups in total. The van der Waals surface area contributed by atoms with Crippen LogP contribution in [0.4, 0.5) is 19.0 Å². The Bertz CT molecular complexity index is 409. The summed E-state index contributed by atoms with van der Waals surface area (Å²) in [6.07, 6.45) is -1.24. The minimum atomic E-state index is -4.35. The quantitative estimate of drug-likeness (QED) is 0.786. The number of anilines is 1. The van der Waals surface area contributed by atoms with Crippen molar-refractivity contribution in [3.05, 3.63) is 23.9 Å². The van der Waals surface area contributed by atoms with Gasteiger partial charge in [-0.25, -0.2) is 4.98 Å². The molecule has 0 radical (unpaired) electrons. The molecule has 0 spiro atoms. The average molecular weight is 279 g/mol. The fourth-order valence-electron chi connectivity index (χ4n) is 2.29. The van der Waals surface area contributed by atoms with Crippen molar-refractivity contribution in [3.63, 3.8) is 0 Å². The highest BCUT2D eigenvalue weighted by molar-refractivity contribution is 6.17. The zero-order valence-corrected chi connectivity index (χ0v) is 10.5. The van der Waals surface area contributed by atoms with Crippen molar-refractivity contribution >= 4 is 17.4 Å². The lowest BCUT2D eigenvalue weighted by atomic mass is 10.1. The Hall–Kier alpha value is -0.970. The number of pyridine rings is 1. The van der Waals surface area contributed by atoms with Crippen LogP contribution < -0.4 is 4.90 Å². The minimum Gasteiger partial charge on any atom is -0.356 e. The van der Waals surface area contributed by atoms with E-state index in [-0.39, 0.29) is 5.82 Å². The number of alkyl halides is 4. The van der Waals surface area contributed by atoms with E-state index in [4.69, 9.17) is 11.6 Å². The average Bonchev–Trinajstić information content (AvgIpc) is 2.77. The Kier molecular flexibility index (Phi) is 4.00. The predicted molar refractivity (Wildman–Crippen MR) is 64.9 cm³/mol. The van der Waals surface area contributed by atoms with Crippen LogP contribution in [0.2, 0.25) is 0 Å². The molecule has 1 aliphatic heterocycles. The Balaban J connectivity index is 2.19. The van der Waals surface area contributed by atoms with Gasteiger partial charge >= 0.3 is 6.18 Å². The summed E-state index contributed by atoms with van der Waals surface area (Å²) in [5.41, 5.74) is -0.656. The first kappa shape index (κ1) is 13.5. The summed E-state index contributed by atoms with van der Waals surface area (Å²) in [5.74, 6) is 0.958. The lowest BCUT2D eigenvalue weighted by Gasteiger charge is -2.21. The van der Waals surface area contributed by atoms with Crippen molar-refractivity contribution in [2.75, 3.05) is 23.9 Å². The standard InChI is InChI=1S/C12H14ClF3N2/c13-5-3-9-4-7-18(8-9)11-10(12(14,15)16)2-1-6-17-11/h1-2,6,9H,3-5,7-8H2. The zero-order chi connectivity index (χ0) is 13.2. The van der Waals surface area contributed by atoms with Crippen molar-refractivity contribution < 1.29 is 13.2 Å². The Morgan fingerprint density at radius 1 is 1.44 bits per heavy atom. The molecule has 1 aromatic rings. The van der Waals surface area contributed by atoms with Crippen molar-refractivity contribution in [2.45, 2.75) is 19.0 Å². The molecule has 0 aliphatic carbocycles. The first-order chi connectivity index (χ1) is 8.52. The molecule has 6 heteroatoms. The van der Waals surface area contributed by atoms with Crippen LogP contribution in [0.25, 0.3) is 0 Å². The van der Waals surface area contributed by atoms with E-state index in [1.165, 1.54) is 12.3 Å². The van der Waals surface area contributed by atoms with Crippen LogP contribution >= 0.6 is 11.6 Å². The third-order valence-corrected chi connectivity index (χ3v) is 3.41. The van der Waals surface area contributed by atoms with Crippen molar-refractivity contribution in [2.24, 2.45) is 5.92 Å². The van der Waals surface area contributed by atoms with E-state index in [0.717, 1.165) is 18.9 Å². The maximum absolute atomic E-state index is 12.9. The smallest absolute Gasteiger partial charge is 0.356 e. The monoisotopic (exact) mass is 278 g/mol. The predicted octanol–water partition coefficient (Wildman–Crippen LogP) is 3.56. The second-order valence-electron chi connectivity index (χ2n) is 4.45. The molecule has 0 bridgehead atoms. The largest absolute Gasteiger partial charge is 0.419 e. The molecule has 2 nitrogen and oxygen atoms in total. The Morgan fingerprint density at radius 3 is 2.89 bits per heavy atom. The van der Waals surface area contributed by atoms with Crippen LogP contribution in [0.15, 0.2) is 18.3 Å². The van der Waals surface area contributed by atoms with Crippen molar-refractivity contribution in [1.82, 2.24) is 4.98 Å². The maximum atomic E-state index is 12.9.